The van der Waals surface area contributed by atoms with Gasteiger partial charge in [-0.05, 0) is 109 Å². The van der Waals surface area contributed by atoms with E-state index in [-0.39, 0.29) is 17.8 Å². The van der Waals surface area contributed by atoms with Crippen molar-refractivity contribution < 1.29 is 34.0 Å². The maximum absolute atomic E-state index is 14.5. The Morgan fingerprint density at radius 2 is 1.69 bits per heavy atom. The predicted octanol–water partition coefficient (Wildman–Crippen LogP) is 8.54. The molecule has 51 heavy (non-hydrogen) atoms. The van der Waals surface area contributed by atoms with Gasteiger partial charge in [0.1, 0.15) is 23.0 Å². The summed E-state index contributed by atoms with van der Waals surface area (Å²) in [7, 11) is 0. The Bertz CT molecular complexity index is 1780. The van der Waals surface area contributed by atoms with Gasteiger partial charge in [0, 0.05) is 48.1 Å². The van der Waals surface area contributed by atoms with E-state index in [4.69, 9.17) is 19.6 Å². The smallest absolute Gasteiger partial charge is 0.307 e. The van der Waals surface area contributed by atoms with E-state index in [1.165, 1.54) is 12.1 Å². The van der Waals surface area contributed by atoms with Crippen molar-refractivity contribution in [3.8, 4) is 28.1 Å². The minimum absolute atomic E-state index is 0.174. The largest absolute Gasteiger partial charge is 0.493 e. The zero-order chi connectivity index (χ0) is 37.5. The van der Waals surface area contributed by atoms with Crippen LogP contribution >= 0.6 is 0 Å². The molecule has 0 saturated carbocycles. The molecule has 6 bridgehead atoms. The quantitative estimate of drug-likeness (QED) is 0.194. The number of anilines is 1. The fourth-order valence-electron chi connectivity index (χ4n) is 6.64. The van der Waals surface area contributed by atoms with Gasteiger partial charge in [-0.25, -0.2) is 9.37 Å². The Morgan fingerprint density at radius 3 is 2.33 bits per heavy atom. The summed E-state index contributed by atoms with van der Waals surface area (Å²) in [5.41, 5.74) is 4.78. The number of aliphatic carboxylic acids is 1. The first kappa shape index (κ1) is 39.8. The zero-order valence-corrected chi connectivity index (χ0v) is 31.6. The number of aromatic nitrogens is 2. The molecule has 7 rings (SSSR count). The average Bonchev–Trinajstić information content (AvgIpc) is 3.50. The molecule has 0 amide bonds. The number of hydrogen-bond acceptors (Lipinski definition) is 7. The van der Waals surface area contributed by atoms with Crippen molar-refractivity contribution in [3.63, 3.8) is 0 Å². The third-order valence-electron chi connectivity index (χ3n) is 9.08. The Kier molecular flexibility index (Phi) is 13.3. The normalized spacial score (nSPS) is 16.6. The molecule has 278 valence electrons. The molecule has 3 aliphatic rings. The number of benzene rings is 2. The number of piperidine rings is 1. The van der Waals surface area contributed by atoms with Crippen LogP contribution in [0, 0.1) is 12.7 Å². The van der Waals surface area contributed by atoms with Gasteiger partial charge in [-0.2, -0.15) is 0 Å². The highest BCUT2D eigenvalue weighted by Crippen LogP contribution is 2.39. The first-order chi connectivity index (χ1) is 24.1. The molecular formula is C41H56FN3O6. The van der Waals surface area contributed by atoms with Crippen LogP contribution in [0.1, 0.15) is 103 Å². The van der Waals surface area contributed by atoms with Crippen molar-refractivity contribution in [2.75, 3.05) is 31.2 Å². The first-order valence-electron chi connectivity index (χ1n) is 18.2. The number of halogens is 1. The molecule has 3 aliphatic heterocycles. The highest BCUT2D eigenvalue weighted by atomic mass is 19.1. The van der Waals surface area contributed by atoms with Gasteiger partial charge in [-0.3, -0.25) is 9.20 Å². The first-order valence-corrected chi connectivity index (χ1v) is 18.2. The minimum Gasteiger partial charge on any atom is -0.493 e. The average molecular weight is 706 g/mol. The molecule has 3 N–H and O–H groups in total. The molecule has 1 fully saturated rings. The number of carbonyl (C=O) groups is 1. The molecule has 9 nitrogen and oxygen atoms in total. The lowest BCUT2D eigenvalue weighted by Gasteiger charge is -2.41. The van der Waals surface area contributed by atoms with Gasteiger partial charge in [-0.1, -0.05) is 32.0 Å². The standard InChI is InChI=1S/C35H40FN3O5.C4H10O.C2H6/c1-22-27(20-31(41)42)34-38-14-12-35(3,13-15-38)44-17-6-4-5-16-43-30-11-10-26(36)19-28(30)24-8-7-9-25(18-24)29-21-39(34)33(37-29)32(22)23(2)40;1-4(2,3)5;1-2/h7-11,18-19,21,23,40H,4-6,12-17,20H2,1-3H3,(H,41,42);5H,1-3H3;1-2H3. The van der Waals surface area contributed by atoms with Gasteiger partial charge in [0.05, 0.1) is 36.0 Å². The molecule has 1 atom stereocenters. The number of nitrogens with zero attached hydrogens (tertiary/aromatic N) is 3. The summed E-state index contributed by atoms with van der Waals surface area (Å²) in [6, 6.07) is 12.4. The zero-order valence-electron chi connectivity index (χ0n) is 31.6. The van der Waals surface area contributed by atoms with Crippen LogP contribution in [0.2, 0.25) is 0 Å². The maximum atomic E-state index is 14.5. The van der Waals surface area contributed by atoms with Crippen LogP contribution < -0.4 is 9.64 Å². The molecule has 0 radical (unpaired) electrons. The van der Waals surface area contributed by atoms with Crippen LogP contribution in [-0.2, 0) is 16.0 Å². The highest BCUT2D eigenvalue weighted by molar-refractivity contribution is 5.80. The summed E-state index contributed by atoms with van der Waals surface area (Å²) < 4.78 is 29.0. The second-order valence-corrected chi connectivity index (χ2v) is 14.5. The second-order valence-electron chi connectivity index (χ2n) is 14.5. The maximum Gasteiger partial charge on any atom is 0.307 e. The Balaban J connectivity index is 0.000000768. The molecule has 4 aromatic rings. The molecule has 1 unspecified atom stereocenters. The summed E-state index contributed by atoms with van der Waals surface area (Å²) in [6.45, 7) is 17.5. The Morgan fingerprint density at radius 1 is 1.04 bits per heavy atom. The SMILES string of the molecule is CC.CC(C)(C)O.Cc1c(CC(=O)O)c2n3cc(nc3c1C(C)O)-c1cccc(c1)-c1cc(F)ccc1OCCCCCOC1(C)CCN2CC1. The number of rotatable bonds is 3. The van der Waals surface area contributed by atoms with E-state index in [1.54, 1.807) is 33.8 Å². The highest BCUT2D eigenvalue weighted by Gasteiger charge is 2.34. The van der Waals surface area contributed by atoms with Crippen molar-refractivity contribution in [3.05, 3.63) is 71.2 Å². The number of fused-ring (bicyclic) bond motifs is 8. The number of imidazole rings is 1. The van der Waals surface area contributed by atoms with Crippen LogP contribution in [-0.4, -0.2) is 68.2 Å². The fraction of sp³-hybridized carbons (Fsp3) is 0.512. The van der Waals surface area contributed by atoms with Crippen LogP contribution in [0.4, 0.5) is 10.2 Å². The monoisotopic (exact) mass is 705 g/mol. The number of pyridine rings is 1. The molecule has 5 heterocycles. The lowest BCUT2D eigenvalue weighted by Crippen LogP contribution is -2.45. The molecule has 2 aromatic heterocycles. The Hall–Kier alpha value is -3.99. The predicted molar refractivity (Wildman–Crippen MR) is 201 cm³/mol. The Labute approximate surface area is 302 Å². The van der Waals surface area contributed by atoms with Crippen LogP contribution in [0.3, 0.4) is 0 Å². The van der Waals surface area contributed by atoms with E-state index in [1.807, 2.05) is 55.6 Å². The van der Waals surface area contributed by atoms with E-state index < -0.39 is 17.7 Å². The number of ether oxygens (including phenoxy) is 2. The number of carboxylic acid groups (broad SMARTS) is 1. The van der Waals surface area contributed by atoms with E-state index in [9.17, 15) is 19.4 Å². The van der Waals surface area contributed by atoms with Crippen molar-refractivity contribution in [1.82, 2.24) is 9.38 Å². The lowest BCUT2D eigenvalue weighted by atomic mass is 9.92. The topological polar surface area (TPSA) is 117 Å². The van der Waals surface area contributed by atoms with E-state index in [0.717, 1.165) is 54.6 Å². The summed E-state index contributed by atoms with van der Waals surface area (Å²) in [5.74, 6) is 0.131. The minimum atomic E-state index is -0.932. The van der Waals surface area contributed by atoms with Crippen LogP contribution in [0.5, 0.6) is 5.75 Å². The molecule has 1 saturated heterocycles. The molecule has 2 aromatic carbocycles. The van der Waals surface area contributed by atoms with Gasteiger partial charge in [-0.15, -0.1) is 0 Å². The molecular weight excluding hydrogens is 649 g/mol. The third-order valence-corrected chi connectivity index (χ3v) is 9.08. The number of aliphatic hydroxyl groups excluding tert-OH is 1. The van der Waals surface area contributed by atoms with Crippen molar-refractivity contribution in [2.24, 2.45) is 0 Å². The summed E-state index contributed by atoms with van der Waals surface area (Å²) in [6.07, 6.45) is 5.24. The summed E-state index contributed by atoms with van der Waals surface area (Å²) in [4.78, 5) is 19.4. The second kappa shape index (κ2) is 17.0. The van der Waals surface area contributed by atoms with Gasteiger partial charge < -0.3 is 29.7 Å². The van der Waals surface area contributed by atoms with E-state index in [0.29, 0.717) is 60.1 Å². The molecule has 0 aliphatic carbocycles. The number of hydrogen-bond donors (Lipinski definition) is 3. The van der Waals surface area contributed by atoms with E-state index in [2.05, 4.69) is 11.8 Å². The van der Waals surface area contributed by atoms with E-state index >= 15 is 0 Å². The third kappa shape index (κ3) is 10.1. The van der Waals surface area contributed by atoms with Gasteiger partial charge >= 0.3 is 5.97 Å². The van der Waals surface area contributed by atoms with Gasteiger partial charge in [0.15, 0.2) is 0 Å². The fourth-order valence-corrected chi connectivity index (χ4v) is 6.64. The van der Waals surface area contributed by atoms with Crippen LogP contribution in [0.25, 0.3) is 28.0 Å². The summed E-state index contributed by atoms with van der Waals surface area (Å²) >= 11 is 0. The number of carboxylic acids is 1. The van der Waals surface area contributed by atoms with Crippen molar-refractivity contribution in [2.45, 2.75) is 111 Å². The lowest BCUT2D eigenvalue weighted by molar-refractivity contribution is -0.136. The summed E-state index contributed by atoms with van der Waals surface area (Å²) in [5, 5.41) is 29.4. The van der Waals surface area contributed by atoms with Crippen LogP contribution in [0.15, 0.2) is 48.7 Å². The van der Waals surface area contributed by atoms with Crippen molar-refractivity contribution in [1.29, 1.82) is 0 Å². The molecule has 0 spiro atoms. The van der Waals surface area contributed by atoms with Gasteiger partial charge in [0.2, 0.25) is 0 Å². The molecule has 10 heteroatoms. The number of aliphatic hydroxyl groups is 2. The van der Waals surface area contributed by atoms with Gasteiger partial charge in [0.25, 0.3) is 0 Å². The van der Waals surface area contributed by atoms with Crippen molar-refractivity contribution >= 4 is 17.4 Å².